The van der Waals surface area contributed by atoms with Gasteiger partial charge >= 0.3 is 0 Å². The molecule has 120 valence electrons. The molecule has 2 amide bonds. The van der Waals surface area contributed by atoms with Crippen LogP contribution in [-0.4, -0.2) is 44.1 Å². The highest BCUT2D eigenvalue weighted by molar-refractivity contribution is 6.03. The fourth-order valence-electron chi connectivity index (χ4n) is 2.31. The minimum Gasteiger partial charge on any atom is -0.479 e. The van der Waals surface area contributed by atoms with Crippen LogP contribution < -0.4 is 20.3 Å². The zero-order valence-electron chi connectivity index (χ0n) is 13.1. The summed E-state index contributed by atoms with van der Waals surface area (Å²) in [5, 5.41) is 6.03. The molecule has 0 radical (unpaired) electrons. The summed E-state index contributed by atoms with van der Waals surface area (Å²) in [6, 6.07) is 7.26. The molecular weight excluding hydrogens is 282 g/mol. The van der Waals surface area contributed by atoms with E-state index in [0.29, 0.717) is 18.0 Å². The molecule has 22 heavy (non-hydrogen) atoms. The van der Waals surface area contributed by atoms with E-state index in [1.165, 1.54) is 4.90 Å². The van der Waals surface area contributed by atoms with Gasteiger partial charge in [-0.2, -0.15) is 0 Å². The third-order valence-corrected chi connectivity index (χ3v) is 3.43. The van der Waals surface area contributed by atoms with Gasteiger partial charge < -0.3 is 15.4 Å². The molecule has 1 atom stereocenters. The predicted molar refractivity (Wildman–Crippen MR) is 85.1 cm³/mol. The molecule has 0 fully saturated rings. The van der Waals surface area contributed by atoms with Crippen molar-refractivity contribution >= 4 is 17.5 Å². The van der Waals surface area contributed by atoms with E-state index in [9.17, 15) is 9.59 Å². The monoisotopic (exact) mass is 305 g/mol. The Morgan fingerprint density at radius 3 is 2.82 bits per heavy atom. The molecule has 0 bridgehead atoms. The Hall–Kier alpha value is -2.08. The average Bonchev–Trinajstić information content (AvgIpc) is 2.51. The Labute approximate surface area is 130 Å². The van der Waals surface area contributed by atoms with Crippen LogP contribution in [0.5, 0.6) is 5.75 Å². The van der Waals surface area contributed by atoms with E-state index >= 15 is 0 Å². The zero-order valence-corrected chi connectivity index (χ0v) is 13.1. The number of benzene rings is 1. The predicted octanol–water partition coefficient (Wildman–Crippen LogP) is 0.916. The van der Waals surface area contributed by atoms with Crippen molar-refractivity contribution < 1.29 is 14.3 Å². The fourth-order valence-corrected chi connectivity index (χ4v) is 2.31. The van der Waals surface area contributed by atoms with Crippen LogP contribution in [0.15, 0.2) is 24.3 Å². The largest absolute Gasteiger partial charge is 0.479 e. The average molecular weight is 305 g/mol. The van der Waals surface area contributed by atoms with Crippen molar-refractivity contribution in [2.75, 3.05) is 31.1 Å². The molecule has 1 aliphatic heterocycles. The van der Waals surface area contributed by atoms with Gasteiger partial charge in [-0.1, -0.05) is 19.1 Å². The Morgan fingerprint density at radius 2 is 2.05 bits per heavy atom. The number of hydrogen-bond donors (Lipinski definition) is 2. The number of amides is 2. The van der Waals surface area contributed by atoms with E-state index in [0.717, 1.165) is 19.5 Å². The molecule has 0 spiro atoms. The molecular formula is C16H23N3O3. The van der Waals surface area contributed by atoms with Crippen LogP contribution in [0.3, 0.4) is 0 Å². The molecule has 1 heterocycles. The maximum atomic E-state index is 12.2. The number of carbonyl (C=O) groups is 2. The Bertz CT molecular complexity index is 533. The van der Waals surface area contributed by atoms with Crippen molar-refractivity contribution in [1.82, 2.24) is 10.6 Å². The smallest absolute Gasteiger partial charge is 0.268 e. The quantitative estimate of drug-likeness (QED) is 0.735. The number of hydrogen-bond acceptors (Lipinski definition) is 4. The van der Waals surface area contributed by atoms with Gasteiger partial charge in [0.15, 0.2) is 6.10 Å². The number of ether oxygens (including phenoxy) is 1. The summed E-state index contributed by atoms with van der Waals surface area (Å²) in [4.78, 5) is 25.8. The molecule has 1 unspecified atom stereocenters. The van der Waals surface area contributed by atoms with Gasteiger partial charge in [0, 0.05) is 13.1 Å². The van der Waals surface area contributed by atoms with Crippen molar-refractivity contribution in [1.29, 1.82) is 0 Å². The van der Waals surface area contributed by atoms with E-state index in [-0.39, 0.29) is 18.4 Å². The summed E-state index contributed by atoms with van der Waals surface area (Å²) in [5.41, 5.74) is 0.643. The molecule has 0 saturated heterocycles. The SMILES string of the molecule is CCCNCCNC(=O)CN1C(=O)C(C)Oc2ccccc21. The standard InChI is InChI=1S/C16H23N3O3/c1-3-8-17-9-10-18-15(20)11-19-13-6-4-5-7-14(13)22-12(2)16(19)21/h4-7,12,17H,3,8-11H2,1-2H3,(H,18,20). The van der Waals surface area contributed by atoms with Gasteiger partial charge in [0.1, 0.15) is 12.3 Å². The maximum absolute atomic E-state index is 12.2. The van der Waals surface area contributed by atoms with Gasteiger partial charge in [-0.3, -0.25) is 14.5 Å². The highest BCUT2D eigenvalue weighted by atomic mass is 16.5. The molecule has 1 aliphatic rings. The van der Waals surface area contributed by atoms with Crippen LogP contribution in [0.1, 0.15) is 20.3 Å². The molecule has 0 saturated carbocycles. The lowest BCUT2D eigenvalue weighted by Crippen LogP contribution is -2.49. The number of nitrogens with zero attached hydrogens (tertiary/aromatic N) is 1. The molecule has 1 aromatic carbocycles. The second-order valence-corrected chi connectivity index (χ2v) is 5.25. The molecule has 2 rings (SSSR count). The van der Waals surface area contributed by atoms with Crippen molar-refractivity contribution in [2.45, 2.75) is 26.4 Å². The van der Waals surface area contributed by atoms with Crippen LogP contribution in [0.4, 0.5) is 5.69 Å². The summed E-state index contributed by atoms with van der Waals surface area (Å²) in [7, 11) is 0. The van der Waals surface area contributed by atoms with Gasteiger partial charge in [-0.05, 0) is 32.0 Å². The number of carbonyl (C=O) groups excluding carboxylic acids is 2. The first-order valence-corrected chi connectivity index (χ1v) is 7.68. The van der Waals surface area contributed by atoms with Gasteiger partial charge in [0.2, 0.25) is 5.91 Å². The lowest BCUT2D eigenvalue weighted by Gasteiger charge is -2.32. The second-order valence-electron chi connectivity index (χ2n) is 5.25. The Balaban J connectivity index is 1.93. The third kappa shape index (κ3) is 3.98. The lowest BCUT2D eigenvalue weighted by molar-refractivity contribution is -0.128. The zero-order chi connectivity index (χ0) is 15.9. The number of rotatable bonds is 7. The highest BCUT2D eigenvalue weighted by Crippen LogP contribution is 2.33. The summed E-state index contributed by atoms with van der Waals surface area (Å²) in [5.74, 6) is 0.264. The minimum atomic E-state index is -0.575. The van der Waals surface area contributed by atoms with E-state index in [4.69, 9.17) is 4.74 Å². The maximum Gasteiger partial charge on any atom is 0.268 e. The molecule has 1 aromatic rings. The Kier molecular flexibility index (Phi) is 5.77. The summed E-state index contributed by atoms with van der Waals surface area (Å²) >= 11 is 0. The van der Waals surface area contributed by atoms with Crippen molar-refractivity contribution in [3.8, 4) is 5.75 Å². The molecule has 2 N–H and O–H groups in total. The van der Waals surface area contributed by atoms with Gasteiger partial charge in [-0.15, -0.1) is 0 Å². The fraction of sp³-hybridized carbons (Fsp3) is 0.500. The van der Waals surface area contributed by atoms with Gasteiger partial charge in [-0.25, -0.2) is 0 Å². The number of fused-ring (bicyclic) bond motifs is 1. The number of anilines is 1. The van der Waals surface area contributed by atoms with Crippen LogP contribution in [0.25, 0.3) is 0 Å². The first kappa shape index (κ1) is 16.3. The van der Waals surface area contributed by atoms with Crippen LogP contribution in [-0.2, 0) is 9.59 Å². The highest BCUT2D eigenvalue weighted by Gasteiger charge is 2.32. The molecule has 0 aliphatic carbocycles. The number of nitrogens with one attached hydrogen (secondary N) is 2. The normalized spacial score (nSPS) is 16.9. The molecule has 0 aromatic heterocycles. The number of para-hydroxylation sites is 2. The van der Waals surface area contributed by atoms with E-state index < -0.39 is 6.10 Å². The summed E-state index contributed by atoms with van der Waals surface area (Å²) in [6.45, 7) is 6.00. The molecule has 6 heteroatoms. The summed E-state index contributed by atoms with van der Waals surface area (Å²) < 4.78 is 5.55. The van der Waals surface area contributed by atoms with Crippen LogP contribution >= 0.6 is 0 Å². The van der Waals surface area contributed by atoms with Crippen molar-refractivity contribution in [2.24, 2.45) is 0 Å². The minimum absolute atomic E-state index is 0.0112. The van der Waals surface area contributed by atoms with E-state index in [2.05, 4.69) is 17.6 Å². The Morgan fingerprint density at radius 1 is 1.27 bits per heavy atom. The topological polar surface area (TPSA) is 70.7 Å². The second kappa shape index (κ2) is 7.79. The van der Waals surface area contributed by atoms with Crippen molar-refractivity contribution in [3.05, 3.63) is 24.3 Å². The van der Waals surface area contributed by atoms with Crippen LogP contribution in [0.2, 0.25) is 0 Å². The van der Waals surface area contributed by atoms with Crippen LogP contribution in [0, 0.1) is 0 Å². The first-order chi connectivity index (χ1) is 10.6. The van der Waals surface area contributed by atoms with Crippen molar-refractivity contribution in [3.63, 3.8) is 0 Å². The first-order valence-electron chi connectivity index (χ1n) is 7.68. The van der Waals surface area contributed by atoms with E-state index in [1.54, 1.807) is 19.1 Å². The molecule has 6 nitrogen and oxygen atoms in total. The lowest BCUT2D eigenvalue weighted by atomic mass is 10.2. The van der Waals surface area contributed by atoms with Gasteiger partial charge in [0.25, 0.3) is 5.91 Å². The van der Waals surface area contributed by atoms with Gasteiger partial charge in [0.05, 0.1) is 5.69 Å². The summed E-state index contributed by atoms with van der Waals surface area (Å²) in [6.07, 6.45) is 0.485. The van der Waals surface area contributed by atoms with E-state index in [1.807, 2.05) is 12.1 Å². The third-order valence-electron chi connectivity index (χ3n) is 3.43.